The number of fused-ring (bicyclic) bond motifs is 1. The molecule has 0 bridgehead atoms. The van der Waals surface area contributed by atoms with E-state index in [1.165, 1.54) is 0 Å². The molecule has 0 aliphatic carbocycles. The fourth-order valence-electron chi connectivity index (χ4n) is 1.96. The van der Waals surface area contributed by atoms with Gasteiger partial charge in [-0.2, -0.15) is 0 Å². The van der Waals surface area contributed by atoms with Gasteiger partial charge in [-0.15, -0.1) is 0 Å². The second-order valence-corrected chi connectivity index (χ2v) is 4.78. The van der Waals surface area contributed by atoms with Gasteiger partial charge in [-0.05, 0) is 37.2 Å². The SMILES string of the molecule is CNCC(Oc1cccc2ncccc12)C(C)C. The predicted molar refractivity (Wildman–Crippen MR) is 74.9 cm³/mol. The van der Waals surface area contributed by atoms with E-state index in [9.17, 15) is 0 Å². The van der Waals surface area contributed by atoms with E-state index >= 15 is 0 Å². The third-order valence-electron chi connectivity index (χ3n) is 3.03. The minimum Gasteiger partial charge on any atom is -0.488 e. The Morgan fingerprint density at radius 2 is 2.06 bits per heavy atom. The number of pyridine rings is 1. The molecule has 3 heteroatoms. The monoisotopic (exact) mass is 244 g/mol. The van der Waals surface area contributed by atoms with Crippen molar-refractivity contribution in [2.45, 2.75) is 20.0 Å². The van der Waals surface area contributed by atoms with Gasteiger partial charge in [0.05, 0.1) is 5.52 Å². The summed E-state index contributed by atoms with van der Waals surface area (Å²) in [7, 11) is 1.95. The van der Waals surface area contributed by atoms with Crippen LogP contribution in [0.5, 0.6) is 5.75 Å². The minimum absolute atomic E-state index is 0.167. The van der Waals surface area contributed by atoms with E-state index in [4.69, 9.17) is 4.74 Å². The molecule has 3 nitrogen and oxygen atoms in total. The molecule has 96 valence electrons. The van der Waals surface area contributed by atoms with Crippen molar-refractivity contribution < 1.29 is 4.74 Å². The molecule has 1 unspecified atom stereocenters. The maximum atomic E-state index is 6.13. The van der Waals surface area contributed by atoms with Gasteiger partial charge in [-0.25, -0.2) is 0 Å². The van der Waals surface area contributed by atoms with Crippen molar-refractivity contribution in [1.82, 2.24) is 10.3 Å². The van der Waals surface area contributed by atoms with Gasteiger partial charge in [0, 0.05) is 18.1 Å². The molecular weight excluding hydrogens is 224 g/mol. The summed E-state index contributed by atoms with van der Waals surface area (Å²) in [5.74, 6) is 1.37. The van der Waals surface area contributed by atoms with E-state index in [1.54, 1.807) is 6.20 Å². The number of rotatable bonds is 5. The molecule has 0 aliphatic rings. The van der Waals surface area contributed by atoms with Crippen molar-refractivity contribution in [2.75, 3.05) is 13.6 Å². The Labute approximate surface area is 108 Å². The van der Waals surface area contributed by atoms with Gasteiger partial charge in [0.25, 0.3) is 0 Å². The molecule has 0 radical (unpaired) electrons. The molecule has 0 spiro atoms. The standard InChI is InChI=1S/C15H20N2O/c1-11(2)15(10-16-3)18-14-8-4-7-13-12(14)6-5-9-17-13/h4-9,11,15-16H,10H2,1-3H3. The molecule has 1 N–H and O–H groups in total. The predicted octanol–water partition coefficient (Wildman–Crippen LogP) is 2.86. The first kappa shape index (κ1) is 12.8. The van der Waals surface area contributed by atoms with Crippen LogP contribution in [0.25, 0.3) is 10.9 Å². The molecular formula is C15H20N2O. The average Bonchev–Trinajstić information content (AvgIpc) is 2.38. The molecule has 1 aromatic heterocycles. The number of ether oxygens (including phenoxy) is 1. The second-order valence-electron chi connectivity index (χ2n) is 4.78. The Morgan fingerprint density at radius 3 is 2.78 bits per heavy atom. The number of aromatic nitrogens is 1. The molecule has 0 fully saturated rings. The van der Waals surface area contributed by atoms with Crippen LogP contribution in [0.3, 0.4) is 0 Å². The summed E-state index contributed by atoms with van der Waals surface area (Å²) in [4.78, 5) is 4.34. The summed E-state index contributed by atoms with van der Waals surface area (Å²) in [6, 6.07) is 9.99. The van der Waals surface area contributed by atoms with Gasteiger partial charge in [0.2, 0.25) is 0 Å². The van der Waals surface area contributed by atoms with Crippen LogP contribution in [0.1, 0.15) is 13.8 Å². The first-order valence-corrected chi connectivity index (χ1v) is 6.37. The van der Waals surface area contributed by atoms with Crippen LogP contribution in [0.15, 0.2) is 36.5 Å². The molecule has 0 amide bonds. The van der Waals surface area contributed by atoms with Gasteiger partial charge in [-0.3, -0.25) is 4.98 Å². The largest absolute Gasteiger partial charge is 0.488 e. The highest BCUT2D eigenvalue weighted by atomic mass is 16.5. The minimum atomic E-state index is 0.167. The normalized spacial score (nSPS) is 12.9. The summed E-state index contributed by atoms with van der Waals surface area (Å²) in [6.07, 6.45) is 1.97. The summed E-state index contributed by atoms with van der Waals surface area (Å²) in [6.45, 7) is 5.19. The van der Waals surface area contributed by atoms with E-state index in [2.05, 4.69) is 30.2 Å². The summed E-state index contributed by atoms with van der Waals surface area (Å²) < 4.78 is 6.13. The second kappa shape index (κ2) is 5.83. The topological polar surface area (TPSA) is 34.1 Å². The molecule has 0 saturated heterocycles. The highest BCUT2D eigenvalue weighted by Gasteiger charge is 2.15. The zero-order valence-electron chi connectivity index (χ0n) is 11.2. The maximum absolute atomic E-state index is 6.13. The van der Waals surface area contributed by atoms with Crippen LogP contribution in [-0.4, -0.2) is 24.7 Å². The fraction of sp³-hybridized carbons (Fsp3) is 0.400. The van der Waals surface area contributed by atoms with Crippen molar-refractivity contribution in [3.05, 3.63) is 36.5 Å². The Bertz CT molecular complexity index is 505. The van der Waals surface area contributed by atoms with Gasteiger partial charge in [0.1, 0.15) is 11.9 Å². The first-order valence-electron chi connectivity index (χ1n) is 6.37. The van der Waals surface area contributed by atoms with Gasteiger partial charge in [-0.1, -0.05) is 19.9 Å². The number of likely N-dealkylation sites (N-methyl/N-ethyl adjacent to an activating group) is 1. The number of hydrogen-bond acceptors (Lipinski definition) is 3. The van der Waals surface area contributed by atoms with Crippen LogP contribution in [0.2, 0.25) is 0 Å². The molecule has 2 rings (SSSR count). The molecule has 2 aromatic rings. The average molecular weight is 244 g/mol. The lowest BCUT2D eigenvalue weighted by molar-refractivity contribution is 0.153. The number of hydrogen-bond donors (Lipinski definition) is 1. The molecule has 1 atom stereocenters. The Hall–Kier alpha value is -1.61. The molecule has 1 heterocycles. The highest BCUT2D eigenvalue weighted by molar-refractivity contribution is 5.84. The Kier molecular flexibility index (Phi) is 4.15. The third kappa shape index (κ3) is 2.79. The molecule has 0 saturated carbocycles. The summed E-state index contributed by atoms with van der Waals surface area (Å²) in [5.41, 5.74) is 0.974. The zero-order valence-corrected chi connectivity index (χ0v) is 11.2. The van der Waals surface area contributed by atoms with E-state index in [0.717, 1.165) is 23.2 Å². The maximum Gasteiger partial charge on any atom is 0.129 e. The van der Waals surface area contributed by atoms with E-state index in [1.807, 2.05) is 31.3 Å². The number of nitrogens with one attached hydrogen (secondary N) is 1. The summed E-state index contributed by atoms with van der Waals surface area (Å²) >= 11 is 0. The van der Waals surface area contributed by atoms with Crippen LogP contribution < -0.4 is 10.1 Å². The van der Waals surface area contributed by atoms with E-state index < -0.39 is 0 Å². The zero-order chi connectivity index (χ0) is 13.0. The Balaban J connectivity index is 2.30. The lowest BCUT2D eigenvalue weighted by Gasteiger charge is -2.23. The number of benzene rings is 1. The Morgan fingerprint density at radius 1 is 1.22 bits per heavy atom. The van der Waals surface area contributed by atoms with Crippen molar-refractivity contribution in [3.8, 4) is 5.75 Å². The van der Waals surface area contributed by atoms with Gasteiger partial charge < -0.3 is 10.1 Å². The van der Waals surface area contributed by atoms with E-state index in [0.29, 0.717) is 5.92 Å². The lowest BCUT2D eigenvalue weighted by Crippen LogP contribution is -2.33. The number of nitrogens with zero attached hydrogens (tertiary/aromatic N) is 1. The lowest BCUT2D eigenvalue weighted by atomic mass is 10.1. The summed E-state index contributed by atoms with van der Waals surface area (Å²) in [5, 5.41) is 4.25. The van der Waals surface area contributed by atoms with Crippen molar-refractivity contribution >= 4 is 10.9 Å². The van der Waals surface area contributed by atoms with Gasteiger partial charge in [0.15, 0.2) is 0 Å². The van der Waals surface area contributed by atoms with Crippen LogP contribution in [-0.2, 0) is 0 Å². The fourth-order valence-corrected chi connectivity index (χ4v) is 1.96. The molecule has 0 aliphatic heterocycles. The van der Waals surface area contributed by atoms with E-state index in [-0.39, 0.29) is 6.10 Å². The van der Waals surface area contributed by atoms with Crippen LogP contribution in [0.4, 0.5) is 0 Å². The van der Waals surface area contributed by atoms with Crippen molar-refractivity contribution in [3.63, 3.8) is 0 Å². The molecule has 18 heavy (non-hydrogen) atoms. The highest BCUT2D eigenvalue weighted by Crippen LogP contribution is 2.25. The van der Waals surface area contributed by atoms with Gasteiger partial charge >= 0.3 is 0 Å². The first-order chi connectivity index (χ1) is 8.72. The smallest absolute Gasteiger partial charge is 0.129 e. The van der Waals surface area contributed by atoms with Crippen LogP contribution >= 0.6 is 0 Å². The molecule has 1 aromatic carbocycles. The van der Waals surface area contributed by atoms with Crippen molar-refractivity contribution in [2.24, 2.45) is 5.92 Å². The van der Waals surface area contributed by atoms with Crippen molar-refractivity contribution in [1.29, 1.82) is 0 Å². The quantitative estimate of drug-likeness (QED) is 0.878. The third-order valence-corrected chi connectivity index (χ3v) is 3.03. The van der Waals surface area contributed by atoms with Crippen LogP contribution in [0, 0.1) is 5.92 Å².